The van der Waals surface area contributed by atoms with Crippen molar-refractivity contribution in [3.05, 3.63) is 28.8 Å². The molecule has 0 atom stereocenters. The van der Waals surface area contributed by atoms with E-state index in [9.17, 15) is 9.59 Å². The predicted molar refractivity (Wildman–Crippen MR) is 88.7 cm³/mol. The monoisotopic (exact) mass is 339 g/mol. The summed E-state index contributed by atoms with van der Waals surface area (Å²) in [6, 6.07) is 5.19. The highest BCUT2D eigenvalue weighted by atomic mass is 35.5. The van der Waals surface area contributed by atoms with Crippen LogP contribution in [0.4, 0.5) is 4.79 Å². The molecular formula is C16H22ClN3O3. The van der Waals surface area contributed by atoms with Gasteiger partial charge < -0.3 is 19.9 Å². The summed E-state index contributed by atoms with van der Waals surface area (Å²) in [5.74, 6) is 0.703. The van der Waals surface area contributed by atoms with Crippen molar-refractivity contribution in [2.75, 3.05) is 33.3 Å². The van der Waals surface area contributed by atoms with E-state index in [-0.39, 0.29) is 11.9 Å². The maximum atomic E-state index is 12.3. The number of benzene rings is 1. The summed E-state index contributed by atoms with van der Waals surface area (Å²) in [6.07, 6.45) is 0.789. The number of ether oxygens (including phenoxy) is 1. The molecule has 0 saturated carbocycles. The van der Waals surface area contributed by atoms with Crippen LogP contribution in [0.3, 0.4) is 0 Å². The van der Waals surface area contributed by atoms with Gasteiger partial charge >= 0.3 is 6.03 Å². The van der Waals surface area contributed by atoms with Crippen LogP contribution in [0.5, 0.6) is 5.75 Å². The van der Waals surface area contributed by atoms with E-state index in [1.54, 1.807) is 36.0 Å². The van der Waals surface area contributed by atoms with Crippen molar-refractivity contribution in [3.63, 3.8) is 0 Å². The van der Waals surface area contributed by atoms with Crippen molar-refractivity contribution < 1.29 is 14.3 Å². The lowest BCUT2D eigenvalue weighted by atomic mass is 10.2. The largest absolute Gasteiger partial charge is 0.496 e. The molecule has 2 rings (SSSR count). The summed E-state index contributed by atoms with van der Waals surface area (Å²) in [6.45, 7) is 4.39. The second-order valence-electron chi connectivity index (χ2n) is 5.46. The van der Waals surface area contributed by atoms with Crippen LogP contribution in [0, 0.1) is 0 Å². The number of hydrogen-bond acceptors (Lipinski definition) is 3. The molecule has 1 aromatic rings. The molecule has 7 heteroatoms. The minimum atomic E-state index is -0.132. The predicted octanol–water partition coefficient (Wildman–Crippen LogP) is 2.11. The quantitative estimate of drug-likeness (QED) is 0.917. The van der Waals surface area contributed by atoms with E-state index < -0.39 is 0 Å². The lowest BCUT2D eigenvalue weighted by Gasteiger charge is -2.22. The average molecular weight is 340 g/mol. The van der Waals surface area contributed by atoms with E-state index in [0.717, 1.165) is 12.0 Å². The number of carbonyl (C=O) groups excluding carboxylic acids is 2. The Bertz CT molecular complexity index is 580. The molecule has 3 amide bonds. The number of halogens is 1. The lowest BCUT2D eigenvalue weighted by Crippen LogP contribution is -2.42. The van der Waals surface area contributed by atoms with Crippen molar-refractivity contribution in [1.82, 2.24) is 15.1 Å². The van der Waals surface area contributed by atoms with E-state index in [0.29, 0.717) is 43.5 Å². The summed E-state index contributed by atoms with van der Waals surface area (Å²) in [5.41, 5.74) is 0.866. The fourth-order valence-corrected chi connectivity index (χ4v) is 2.74. The van der Waals surface area contributed by atoms with Crippen LogP contribution in [0.1, 0.15) is 18.9 Å². The zero-order valence-corrected chi connectivity index (χ0v) is 14.2. The first kappa shape index (κ1) is 17.4. The van der Waals surface area contributed by atoms with Gasteiger partial charge in [0.2, 0.25) is 5.91 Å². The highest BCUT2D eigenvalue weighted by molar-refractivity contribution is 6.30. The first-order valence-corrected chi connectivity index (χ1v) is 7.99. The molecular weight excluding hydrogens is 318 g/mol. The number of carbonyl (C=O) groups is 2. The van der Waals surface area contributed by atoms with Gasteiger partial charge in [-0.05, 0) is 18.6 Å². The van der Waals surface area contributed by atoms with Crippen LogP contribution < -0.4 is 10.1 Å². The van der Waals surface area contributed by atoms with Crippen molar-refractivity contribution >= 4 is 23.5 Å². The molecule has 0 spiro atoms. The topological polar surface area (TPSA) is 61.9 Å². The number of rotatable bonds is 3. The number of hydrogen-bond donors (Lipinski definition) is 1. The third kappa shape index (κ3) is 4.76. The molecule has 126 valence electrons. The summed E-state index contributed by atoms with van der Waals surface area (Å²) >= 11 is 5.93. The van der Waals surface area contributed by atoms with Crippen molar-refractivity contribution in [3.8, 4) is 5.75 Å². The summed E-state index contributed by atoms with van der Waals surface area (Å²) < 4.78 is 5.27. The Balaban J connectivity index is 1.91. The van der Waals surface area contributed by atoms with Crippen LogP contribution in [0.15, 0.2) is 18.2 Å². The molecule has 1 aromatic carbocycles. The Morgan fingerprint density at radius 1 is 1.22 bits per heavy atom. The molecule has 1 N–H and O–H groups in total. The molecule has 6 nitrogen and oxygen atoms in total. The average Bonchev–Trinajstić information content (AvgIpc) is 2.79. The van der Waals surface area contributed by atoms with Gasteiger partial charge in [-0.15, -0.1) is 0 Å². The number of amides is 3. The normalized spacial score (nSPS) is 15.1. The first-order chi connectivity index (χ1) is 11.0. The fourth-order valence-electron chi connectivity index (χ4n) is 2.58. The maximum Gasteiger partial charge on any atom is 0.317 e. The Kier molecular flexibility index (Phi) is 6.10. The maximum absolute atomic E-state index is 12.3. The van der Waals surface area contributed by atoms with Crippen LogP contribution >= 0.6 is 11.6 Å². The van der Waals surface area contributed by atoms with Crippen molar-refractivity contribution in [2.24, 2.45) is 0 Å². The lowest BCUT2D eigenvalue weighted by molar-refractivity contribution is -0.128. The standard InChI is InChI=1S/C16H22ClN3O3/c1-12(21)19-6-3-7-20(9-8-19)16(22)18-11-13-4-5-14(17)10-15(13)23-2/h4-5,10H,3,6-9,11H2,1-2H3,(H,18,22). The zero-order chi connectivity index (χ0) is 16.8. The van der Waals surface area contributed by atoms with Gasteiger partial charge in [0.25, 0.3) is 0 Å². The number of nitrogens with zero attached hydrogens (tertiary/aromatic N) is 2. The molecule has 0 bridgehead atoms. The Hall–Kier alpha value is -1.95. The SMILES string of the molecule is COc1cc(Cl)ccc1CNC(=O)N1CCCN(C(C)=O)CC1. The minimum absolute atomic E-state index is 0.0539. The van der Waals surface area contributed by atoms with Gasteiger partial charge in [0.1, 0.15) is 5.75 Å². The van der Waals surface area contributed by atoms with Crippen LogP contribution in [-0.2, 0) is 11.3 Å². The fraction of sp³-hybridized carbons (Fsp3) is 0.500. The molecule has 0 aromatic heterocycles. The van der Waals surface area contributed by atoms with E-state index in [1.165, 1.54) is 0 Å². The minimum Gasteiger partial charge on any atom is -0.496 e. The van der Waals surface area contributed by atoms with Gasteiger partial charge in [0.15, 0.2) is 0 Å². The van der Waals surface area contributed by atoms with Gasteiger partial charge in [0.05, 0.1) is 7.11 Å². The summed E-state index contributed by atoms with van der Waals surface area (Å²) in [4.78, 5) is 27.2. The molecule has 1 aliphatic rings. The van der Waals surface area contributed by atoms with E-state index in [2.05, 4.69) is 5.32 Å². The van der Waals surface area contributed by atoms with Gasteiger partial charge in [-0.1, -0.05) is 17.7 Å². The number of methoxy groups -OCH3 is 1. The summed E-state index contributed by atoms with van der Waals surface area (Å²) in [7, 11) is 1.57. The van der Waals surface area contributed by atoms with Gasteiger partial charge in [0, 0.05) is 50.2 Å². The Labute approximate surface area is 141 Å². The highest BCUT2D eigenvalue weighted by Crippen LogP contribution is 2.22. The van der Waals surface area contributed by atoms with Crippen LogP contribution in [0.25, 0.3) is 0 Å². The second-order valence-corrected chi connectivity index (χ2v) is 5.90. The van der Waals surface area contributed by atoms with Gasteiger partial charge in [-0.2, -0.15) is 0 Å². The molecule has 1 aliphatic heterocycles. The molecule has 23 heavy (non-hydrogen) atoms. The Morgan fingerprint density at radius 3 is 2.61 bits per heavy atom. The van der Waals surface area contributed by atoms with Gasteiger partial charge in [-0.25, -0.2) is 4.79 Å². The second kappa shape index (κ2) is 8.06. The van der Waals surface area contributed by atoms with E-state index >= 15 is 0 Å². The number of urea groups is 1. The van der Waals surface area contributed by atoms with Gasteiger partial charge in [-0.3, -0.25) is 4.79 Å². The third-order valence-corrected chi connectivity index (χ3v) is 4.14. The highest BCUT2D eigenvalue weighted by Gasteiger charge is 2.20. The molecule has 0 radical (unpaired) electrons. The summed E-state index contributed by atoms with van der Waals surface area (Å²) in [5, 5.41) is 3.49. The molecule has 1 heterocycles. The Morgan fingerprint density at radius 2 is 1.91 bits per heavy atom. The third-order valence-electron chi connectivity index (χ3n) is 3.91. The van der Waals surface area contributed by atoms with Crippen molar-refractivity contribution in [1.29, 1.82) is 0 Å². The van der Waals surface area contributed by atoms with Crippen LogP contribution in [0.2, 0.25) is 5.02 Å². The van der Waals surface area contributed by atoms with Crippen LogP contribution in [-0.4, -0.2) is 55.0 Å². The van der Waals surface area contributed by atoms with Crippen molar-refractivity contribution in [2.45, 2.75) is 19.9 Å². The van der Waals surface area contributed by atoms with E-state index in [1.807, 2.05) is 6.07 Å². The smallest absolute Gasteiger partial charge is 0.317 e. The molecule has 1 saturated heterocycles. The molecule has 1 fully saturated rings. The zero-order valence-electron chi connectivity index (χ0n) is 13.5. The molecule has 0 unspecified atom stereocenters. The molecule has 0 aliphatic carbocycles. The van der Waals surface area contributed by atoms with E-state index in [4.69, 9.17) is 16.3 Å². The first-order valence-electron chi connectivity index (χ1n) is 7.62. The number of nitrogens with one attached hydrogen (secondary N) is 1.